The molecule has 21 heavy (non-hydrogen) atoms. The minimum atomic E-state index is -1.07. The second-order valence-electron chi connectivity index (χ2n) is 5.01. The lowest BCUT2D eigenvalue weighted by Crippen LogP contribution is -2.44. The predicted octanol–water partition coefficient (Wildman–Crippen LogP) is 0.704. The first-order valence-corrected chi connectivity index (χ1v) is 6.67. The zero-order valence-electron chi connectivity index (χ0n) is 11.7. The van der Waals surface area contributed by atoms with Crippen molar-refractivity contribution in [2.24, 2.45) is 5.92 Å². The first-order chi connectivity index (χ1) is 10.0. The summed E-state index contributed by atoms with van der Waals surface area (Å²) >= 11 is 0. The molecule has 2 rings (SSSR count). The van der Waals surface area contributed by atoms with Crippen LogP contribution < -0.4 is 0 Å². The van der Waals surface area contributed by atoms with Crippen LogP contribution in [0.3, 0.4) is 0 Å². The summed E-state index contributed by atoms with van der Waals surface area (Å²) in [6.45, 7) is 0.0926. The van der Waals surface area contributed by atoms with Crippen LogP contribution in [0.25, 0.3) is 0 Å². The minimum absolute atomic E-state index is 0.00520. The topological polar surface area (TPSA) is 83.9 Å². The summed E-state index contributed by atoms with van der Waals surface area (Å²) in [5.74, 6) is -2.46. The quantitative estimate of drug-likeness (QED) is 0.807. The molecule has 0 aromatic heterocycles. The summed E-state index contributed by atoms with van der Waals surface area (Å²) in [6, 6.07) is 8.14. The van der Waals surface area contributed by atoms with Crippen molar-refractivity contribution < 1.29 is 24.2 Å². The van der Waals surface area contributed by atoms with Crippen LogP contribution in [-0.2, 0) is 25.5 Å². The van der Waals surface area contributed by atoms with E-state index in [2.05, 4.69) is 4.74 Å². The van der Waals surface area contributed by atoms with Gasteiger partial charge in [-0.05, 0) is 5.56 Å². The Labute approximate surface area is 122 Å². The normalized spacial score (nSPS) is 19.4. The molecule has 0 saturated carbocycles. The lowest BCUT2D eigenvalue weighted by Gasteiger charge is -2.24. The van der Waals surface area contributed by atoms with E-state index in [1.54, 1.807) is 0 Å². The molecule has 2 unspecified atom stereocenters. The lowest BCUT2D eigenvalue weighted by atomic mass is 10.0. The Kier molecular flexibility index (Phi) is 4.57. The molecule has 1 aliphatic heterocycles. The molecule has 1 amide bonds. The van der Waals surface area contributed by atoms with E-state index >= 15 is 0 Å². The van der Waals surface area contributed by atoms with Crippen molar-refractivity contribution in [2.45, 2.75) is 18.9 Å². The first kappa shape index (κ1) is 15.0. The maximum Gasteiger partial charge on any atom is 0.326 e. The number of carboxylic acid groups (broad SMARTS) is 1. The Hall–Kier alpha value is -2.37. The van der Waals surface area contributed by atoms with E-state index in [1.807, 2.05) is 30.3 Å². The van der Waals surface area contributed by atoms with Crippen LogP contribution in [0.4, 0.5) is 0 Å². The number of hydrogen-bond acceptors (Lipinski definition) is 4. The Morgan fingerprint density at radius 2 is 2.05 bits per heavy atom. The minimum Gasteiger partial charge on any atom is -0.480 e. The molecule has 0 aliphatic carbocycles. The number of likely N-dealkylation sites (tertiary alicyclic amines) is 1. The average Bonchev–Trinajstić information content (AvgIpc) is 2.86. The van der Waals surface area contributed by atoms with Crippen molar-refractivity contribution in [1.29, 1.82) is 0 Å². The highest BCUT2D eigenvalue weighted by Crippen LogP contribution is 2.23. The summed E-state index contributed by atoms with van der Waals surface area (Å²) in [7, 11) is 1.26. The van der Waals surface area contributed by atoms with Crippen LogP contribution in [0, 0.1) is 5.92 Å². The van der Waals surface area contributed by atoms with E-state index in [4.69, 9.17) is 0 Å². The van der Waals surface area contributed by atoms with Gasteiger partial charge in [0.2, 0.25) is 5.91 Å². The number of carbonyl (C=O) groups excluding carboxylic acids is 2. The summed E-state index contributed by atoms with van der Waals surface area (Å²) in [4.78, 5) is 36.2. The summed E-state index contributed by atoms with van der Waals surface area (Å²) in [5.41, 5.74) is 0.833. The van der Waals surface area contributed by atoms with Gasteiger partial charge in [-0.15, -0.1) is 0 Å². The molecule has 1 aliphatic rings. The molecule has 1 saturated heterocycles. The second kappa shape index (κ2) is 6.39. The van der Waals surface area contributed by atoms with Crippen LogP contribution in [0.2, 0.25) is 0 Å². The Balaban J connectivity index is 2.14. The number of rotatable bonds is 5. The van der Waals surface area contributed by atoms with Gasteiger partial charge in [0.25, 0.3) is 0 Å². The number of amides is 1. The molecule has 6 heteroatoms. The number of esters is 1. The van der Waals surface area contributed by atoms with E-state index in [0.717, 1.165) is 5.56 Å². The van der Waals surface area contributed by atoms with Crippen LogP contribution in [0.15, 0.2) is 30.3 Å². The molecule has 2 atom stereocenters. The standard InChI is InChI=1S/C15H17NO5/c1-21-15(20)11-8-13(17)16(9-11)12(14(18)19)7-10-5-3-2-4-6-10/h2-6,11-12H,7-9H2,1H3,(H,18,19). The maximum atomic E-state index is 12.0. The van der Waals surface area contributed by atoms with Gasteiger partial charge in [0.05, 0.1) is 13.0 Å². The van der Waals surface area contributed by atoms with Gasteiger partial charge in [-0.1, -0.05) is 30.3 Å². The molecule has 1 N–H and O–H groups in total. The predicted molar refractivity (Wildman–Crippen MR) is 73.4 cm³/mol. The molecule has 0 spiro atoms. The van der Waals surface area contributed by atoms with Crippen LogP contribution in [0.5, 0.6) is 0 Å². The highest BCUT2D eigenvalue weighted by molar-refractivity contribution is 5.90. The zero-order valence-corrected chi connectivity index (χ0v) is 11.7. The smallest absolute Gasteiger partial charge is 0.326 e. The van der Waals surface area contributed by atoms with Gasteiger partial charge in [-0.3, -0.25) is 9.59 Å². The fourth-order valence-electron chi connectivity index (χ4n) is 2.53. The van der Waals surface area contributed by atoms with E-state index < -0.39 is 23.9 Å². The van der Waals surface area contributed by atoms with Gasteiger partial charge in [-0.2, -0.15) is 0 Å². The molecule has 1 fully saturated rings. The number of ether oxygens (including phenoxy) is 1. The SMILES string of the molecule is COC(=O)C1CC(=O)N(C(Cc2ccccc2)C(=O)O)C1. The molecular weight excluding hydrogens is 274 g/mol. The van der Waals surface area contributed by atoms with Gasteiger partial charge in [0.15, 0.2) is 0 Å². The Morgan fingerprint density at radius 3 is 2.62 bits per heavy atom. The fourth-order valence-corrected chi connectivity index (χ4v) is 2.53. The van der Waals surface area contributed by atoms with Crippen molar-refractivity contribution in [3.8, 4) is 0 Å². The number of carbonyl (C=O) groups is 3. The highest BCUT2D eigenvalue weighted by atomic mass is 16.5. The van der Waals surface area contributed by atoms with Crippen molar-refractivity contribution in [3.63, 3.8) is 0 Å². The largest absolute Gasteiger partial charge is 0.480 e. The highest BCUT2D eigenvalue weighted by Gasteiger charge is 2.40. The number of carboxylic acids is 1. The maximum absolute atomic E-state index is 12.0. The van der Waals surface area contributed by atoms with Crippen LogP contribution in [-0.4, -0.2) is 47.5 Å². The lowest BCUT2D eigenvalue weighted by molar-refractivity contribution is -0.148. The Morgan fingerprint density at radius 1 is 1.38 bits per heavy atom. The van der Waals surface area contributed by atoms with E-state index in [-0.39, 0.29) is 25.3 Å². The fraction of sp³-hybridized carbons (Fsp3) is 0.400. The van der Waals surface area contributed by atoms with Crippen molar-refractivity contribution >= 4 is 17.8 Å². The number of methoxy groups -OCH3 is 1. The van der Waals surface area contributed by atoms with Gasteiger partial charge >= 0.3 is 11.9 Å². The average molecular weight is 291 g/mol. The zero-order chi connectivity index (χ0) is 15.4. The van der Waals surface area contributed by atoms with Gasteiger partial charge < -0.3 is 14.7 Å². The first-order valence-electron chi connectivity index (χ1n) is 6.67. The summed E-state index contributed by atoms with van der Waals surface area (Å²) < 4.78 is 4.62. The molecule has 112 valence electrons. The number of benzene rings is 1. The molecule has 0 radical (unpaired) electrons. The molecule has 1 aromatic rings. The number of hydrogen-bond donors (Lipinski definition) is 1. The third kappa shape index (κ3) is 3.39. The molecular formula is C15H17NO5. The Bertz CT molecular complexity index is 542. The van der Waals surface area contributed by atoms with Crippen molar-refractivity contribution in [3.05, 3.63) is 35.9 Å². The third-order valence-corrected chi connectivity index (χ3v) is 3.63. The van der Waals surface area contributed by atoms with Crippen molar-refractivity contribution in [2.75, 3.05) is 13.7 Å². The molecule has 1 aromatic carbocycles. The molecule has 0 bridgehead atoms. The van der Waals surface area contributed by atoms with Gasteiger partial charge in [0.1, 0.15) is 6.04 Å². The van der Waals surface area contributed by atoms with E-state index in [9.17, 15) is 19.5 Å². The summed E-state index contributed by atoms with van der Waals surface area (Å²) in [5, 5.41) is 9.38. The van der Waals surface area contributed by atoms with Gasteiger partial charge in [0, 0.05) is 19.4 Å². The van der Waals surface area contributed by atoms with E-state index in [1.165, 1.54) is 12.0 Å². The number of aliphatic carboxylic acids is 1. The van der Waals surface area contributed by atoms with E-state index in [0.29, 0.717) is 0 Å². The van der Waals surface area contributed by atoms with Crippen LogP contribution >= 0.6 is 0 Å². The van der Waals surface area contributed by atoms with Gasteiger partial charge in [-0.25, -0.2) is 4.79 Å². The molecule has 1 heterocycles. The monoisotopic (exact) mass is 291 g/mol. The summed E-state index contributed by atoms with van der Waals surface area (Å²) in [6.07, 6.45) is 0.223. The third-order valence-electron chi connectivity index (χ3n) is 3.63. The van der Waals surface area contributed by atoms with Crippen molar-refractivity contribution in [1.82, 2.24) is 4.90 Å². The second-order valence-corrected chi connectivity index (χ2v) is 5.01. The van der Waals surface area contributed by atoms with Crippen LogP contribution in [0.1, 0.15) is 12.0 Å². The number of nitrogens with zero attached hydrogens (tertiary/aromatic N) is 1. The molecule has 6 nitrogen and oxygen atoms in total.